The summed E-state index contributed by atoms with van der Waals surface area (Å²) in [6.45, 7) is 3.93. The van der Waals surface area contributed by atoms with Crippen molar-refractivity contribution >= 4 is 17.7 Å². The highest BCUT2D eigenvalue weighted by Crippen LogP contribution is 2.17. The number of anilines is 1. The molecule has 2 amide bonds. The normalized spacial score (nSPS) is 11.1. The minimum atomic E-state index is -0.392. The lowest BCUT2D eigenvalue weighted by molar-refractivity contribution is 0.256. The van der Waals surface area contributed by atoms with Crippen LogP contribution in [0.25, 0.3) is 0 Å². The van der Waals surface area contributed by atoms with Crippen molar-refractivity contribution in [1.82, 2.24) is 5.32 Å². The second kappa shape index (κ2) is 5.16. The Morgan fingerprint density at radius 1 is 1.38 bits per heavy atom. The smallest absolute Gasteiger partial charge is 0.325 e. The highest BCUT2D eigenvalue weighted by atomic mass is 16.2. The van der Waals surface area contributed by atoms with E-state index < -0.39 is 6.03 Å². The Hall–Kier alpha value is -2.04. The molecule has 0 aliphatic rings. The van der Waals surface area contributed by atoms with Gasteiger partial charge >= 0.3 is 6.03 Å². The molecule has 0 saturated carbocycles. The number of hydrogen-bond acceptors (Lipinski definition) is 2. The molecule has 0 unspecified atom stereocenters. The first kappa shape index (κ1) is 12.0. The van der Waals surface area contributed by atoms with Crippen molar-refractivity contribution in [2.45, 2.75) is 13.8 Å². The Balaban J connectivity index is 2.74. The van der Waals surface area contributed by atoms with Crippen LogP contribution in [0.4, 0.5) is 10.5 Å². The van der Waals surface area contributed by atoms with Crippen molar-refractivity contribution < 1.29 is 4.79 Å². The predicted octanol–water partition coefficient (Wildman–Crippen LogP) is 1.37. The predicted molar refractivity (Wildman–Crippen MR) is 65.6 cm³/mol. The van der Waals surface area contributed by atoms with Crippen molar-refractivity contribution in [3.63, 3.8) is 0 Å². The van der Waals surface area contributed by atoms with Crippen molar-refractivity contribution in [3.8, 4) is 0 Å². The van der Waals surface area contributed by atoms with Crippen LogP contribution in [0.5, 0.6) is 0 Å². The molecule has 0 aliphatic heterocycles. The molecule has 1 aromatic carbocycles. The summed E-state index contributed by atoms with van der Waals surface area (Å²) >= 11 is 0. The average molecular weight is 220 g/mol. The molecule has 0 radical (unpaired) electrons. The molecule has 0 spiro atoms. The highest BCUT2D eigenvalue weighted by molar-refractivity contribution is 6.02. The van der Waals surface area contributed by atoms with Gasteiger partial charge in [0.2, 0.25) is 0 Å². The van der Waals surface area contributed by atoms with Crippen molar-refractivity contribution in [3.05, 3.63) is 29.3 Å². The largest absolute Gasteiger partial charge is 0.370 e. The SMILES string of the molecule is CN=C(N)NC(=O)Nc1cccc(C)c1C. The molecule has 5 heteroatoms. The minimum absolute atomic E-state index is 0.0859. The molecule has 0 bridgehead atoms. The van der Waals surface area contributed by atoms with Crippen LogP contribution in [0, 0.1) is 13.8 Å². The number of urea groups is 1. The third kappa shape index (κ3) is 2.98. The number of nitrogens with zero attached hydrogens (tertiary/aromatic N) is 1. The quantitative estimate of drug-likeness (QED) is 0.493. The summed E-state index contributed by atoms with van der Waals surface area (Å²) in [7, 11) is 1.51. The standard InChI is InChI=1S/C11H16N4O/c1-7-5-4-6-9(8(7)2)14-11(16)15-10(12)13-3/h4-6H,1-3H3,(H4,12,13,14,15,16). The van der Waals surface area contributed by atoms with E-state index in [1.54, 1.807) is 0 Å². The third-order valence-electron chi connectivity index (χ3n) is 2.34. The van der Waals surface area contributed by atoms with Gasteiger partial charge in [0, 0.05) is 12.7 Å². The summed E-state index contributed by atoms with van der Waals surface area (Å²) in [5, 5.41) is 5.11. The zero-order chi connectivity index (χ0) is 12.1. The zero-order valence-electron chi connectivity index (χ0n) is 9.66. The van der Waals surface area contributed by atoms with Crippen LogP contribution in [0.15, 0.2) is 23.2 Å². The Bertz CT molecular complexity index is 426. The van der Waals surface area contributed by atoms with Crippen LogP contribution in [0.1, 0.15) is 11.1 Å². The summed E-state index contributed by atoms with van der Waals surface area (Å²) in [6.07, 6.45) is 0. The summed E-state index contributed by atoms with van der Waals surface area (Å²) in [5.41, 5.74) is 8.29. The molecule has 0 heterocycles. The monoisotopic (exact) mass is 220 g/mol. The molecule has 0 aromatic heterocycles. The number of benzene rings is 1. The fourth-order valence-corrected chi connectivity index (χ4v) is 1.21. The highest BCUT2D eigenvalue weighted by Gasteiger charge is 2.05. The lowest BCUT2D eigenvalue weighted by atomic mass is 10.1. The van der Waals surface area contributed by atoms with E-state index in [1.807, 2.05) is 32.0 Å². The van der Waals surface area contributed by atoms with Crippen LogP contribution in [0.2, 0.25) is 0 Å². The average Bonchev–Trinajstić information content (AvgIpc) is 2.24. The Morgan fingerprint density at radius 2 is 2.06 bits per heavy atom. The fraction of sp³-hybridized carbons (Fsp3) is 0.273. The number of rotatable bonds is 1. The van der Waals surface area contributed by atoms with Gasteiger partial charge in [0.25, 0.3) is 0 Å². The van der Waals surface area contributed by atoms with Crippen molar-refractivity contribution in [2.24, 2.45) is 10.7 Å². The minimum Gasteiger partial charge on any atom is -0.370 e. The first-order valence-corrected chi connectivity index (χ1v) is 4.91. The van der Waals surface area contributed by atoms with Gasteiger partial charge in [-0.25, -0.2) is 4.79 Å². The van der Waals surface area contributed by atoms with Gasteiger partial charge in [0.15, 0.2) is 5.96 Å². The molecule has 0 saturated heterocycles. The summed E-state index contributed by atoms with van der Waals surface area (Å²) < 4.78 is 0. The van der Waals surface area contributed by atoms with Crippen LogP contribution in [-0.4, -0.2) is 19.0 Å². The number of guanidine groups is 1. The second-order valence-electron chi connectivity index (χ2n) is 3.44. The maximum absolute atomic E-state index is 11.5. The molecular formula is C11H16N4O. The van der Waals surface area contributed by atoms with E-state index in [9.17, 15) is 4.79 Å². The number of hydrogen-bond donors (Lipinski definition) is 3. The number of aliphatic imine (C=N–C) groups is 1. The van der Waals surface area contributed by atoms with Crippen molar-refractivity contribution in [2.75, 3.05) is 12.4 Å². The van der Waals surface area contributed by atoms with Crippen LogP contribution in [0.3, 0.4) is 0 Å². The number of carbonyl (C=O) groups is 1. The van der Waals surface area contributed by atoms with Gasteiger partial charge in [0.05, 0.1) is 0 Å². The lowest BCUT2D eigenvalue weighted by Crippen LogP contribution is -2.39. The number of carbonyl (C=O) groups excluding carboxylic acids is 1. The van der Waals surface area contributed by atoms with Gasteiger partial charge in [-0.3, -0.25) is 10.3 Å². The number of amides is 2. The van der Waals surface area contributed by atoms with Gasteiger partial charge in [-0.1, -0.05) is 12.1 Å². The van der Waals surface area contributed by atoms with Gasteiger partial charge in [0.1, 0.15) is 0 Å². The maximum atomic E-state index is 11.5. The number of nitrogens with two attached hydrogens (primary N) is 1. The molecule has 0 atom stereocenters. The third-order valence-corrected chi connectivity index (χ3v) is 2.34. The molecule has 4 N–H and O–H groups in total. The van der Waals surface area contributed by atoms with E-state index in [1.165, 1.54) is 7.05 Å². The topological polar surface area (TPSA) is 79.5 Å². The van der Waals surface area contributed by atoms with Crippen molar-refractivity contribution in [1.29, 1.82) is 0 Å². The molecule has 1 aromatic rings. The number of aryl methyl sites for hydroxylation is 1. The Morgan fingerprint density at radius 3 is 2.69 bits per heavy atom. The van der Waals surface area contributed by atoms with Gasteiger partial charge in [-0.05, 0) is 31.0 Å². The van der Waals surface area contributed by atoms with E-state index in [4.69, 9.17) is 5.73 Å². The molecule has 5 nitrogen and oxygen atoms in total. The first-order chi connectivity index (χ1) is 7.54. The van der Waals surface area contributed by atoms with Gasteiger partial charge < -0.3 is 11.1 Å². The summed E-state index contributed by atoms with van der Waals surface area (Å²) in [5.74, 6) is 0.0859. The van der Waals surface area contributed by atoms with Crippen LogP contribution >= 0.6 is 0 Å². The Labute approximate surface area is 94.8 Å². The lowest BCUT2D eigenvalue weighted by Gasteiger charge is -2.10. The van der Waals surface area contributed by atoms with Gasteiger partial charge in [-0.15, -0.1) is 0 Å². The first-order valence-electron chi connectivity index (χ1n) is 4.91. The van der Waals surface area contributed by atoms with E-state index in [-0.39, 0.29) is 5.96 Å². The fourth-order valence-electron chi connectivity index (χ4n) is 1.21. The molecule has 0 fully saturated rings. The van der Waals surface area contributed by atoms with E-state index in [0.29, 0.717) is 0 Å². The summed E-state index contributed by atoms with van der Waals surface area (Å²) in [6, 6.07) is 5.31. The Kier molecular flexibility index (Phi) is 3.88. The van der Waals surface area contributed by atoms with E-state index in [2.05, 4.69) is 15.6 Å². The maximum Gasteiger partial charge on any atom is 0.325 e. The van der Waals surface area contributed by atoms with E-state index in [0.717, 1.165) is 16.8 Å². The summed E-state index contributed by atoms with van der Waals surface area (Å²) in [4.78, 5) is 15.1. The number of nitrogens with one attached hydrogen (secondary N) is 2. The van der Waals surface area contributed by atoms with Crippen LogP contribution < -0.4 is 16.4 Å². The molecule has 86 valence electrons. The van der Waals surface area contributed by atoms with Crippen LogP contribution in [-0.2, 0) is 0 Å². The molecule has 16 heavy (non-hydrogen) atoms. The second-order valence-corrected chi connectivity index (χ2v) is 3.44. The molecule has 0 aliphatic carbocycles. The zero-order valence-corrected chi connectivity index (χ0v) is 9.66. The molecular weight excluding hydrogens is 204 g/mol. The van der Waals surface area contributed by atoms with Gasteiger partial charge in [-0.2, -0.15) is 0 Å². The molecule has 1 rings (SSSR count). The van der Waals surface area contributed by atoms with E-state index >= 15 is 0 Å².